The van der Waals surface area contributed by atoms with Crippen LogP contribution in [0.1, 0.15) is 29.8 Å². The van der Waals surface area contributed by atoms with E-state index in [1.54, 1.807) is 0 Å². The predicted molar refractivity (Wildman–Crippen MR) is 83.1 cm³/mol. The second kappa shape index (κ2) is 4.84. The molecule has 1 aliphatic carbocycles. The monoisotopic (exact) mass is 343 g/mol. The molecule has 2 aromatic carbocycles. The van der Waals surface area contributed by atoms with Crippen LogP contribution in [0.2, 0.25) is 0 Å². The summed E-state index contributed by atoms with van der Waals surface area (Å²) in [4.78, 5) is 12.8. The van der Waals surface area contributed by atoms with E-state index in [0.717, 1.165) is 12.5 Å². The molecular weight excluding hydrogens is 331 g/mol. The van der Waals surface area contributed by atoms with Crippen molar-refractivity contribution in [3.63, 3.8) is 0 Å². The average molecular weight is 343 g/mol. The zero-order chi connectivity index (χ0) is 17.3. The Hall–Kier alpha value is -2.83. The van der Waals surface area contributed by atoms with E-state index in [0.29, 0.717) is 17.1 Å². The molecule has 2 aliphatic rings. The molecule has 5 rings (SSSR count). The normalized spacial score (nSPS) is 23.4. The minimum Gasteiger partial charge on any atom is -0.270 e. The summed E-state index contributed by atoms with van der Waals surface area (Å²) in [6.45, 7) is 0. The Labute approximate surface area is 140 Å². The first-order chi connectivity index (χ1) is 12.0. The third-order valence-electron chi connectivity index (χ3n) is 4.99. The van der Waals surface area contributed by atoms with Crippen molar-refractivity contribution < 1.29 is 13.2 Å². The molecule has 1 aromatic heterocycles. The smallest absolute Gasteiger partial charge is 0.270 e. The standard InChI is InChI=1S/C18H12F3N3O/c19-10-1-3-13(4-2-10)24-18(25)23-16(14-8-15(14)17(23)22-24)9-5-11(20)7-12(21)6-9/h1-7,14-16H,8H2. The Balaban J connectivity index is 1.66. The first-order valence-corrected chi connectivity index (χ1v) is 7.96. The summed E-state index contributed by atoms with van der Waals surface area (Å²) in [6, 6.07) is 8.37. The van der Waals surface area contributed by atoms with Crippen LogP contribution < -0.4 is 5.69 Å². The zero-order valence-electron chi connectivity index (χ0n) is 12.9. The molecule has 1 fully saturated rings. The minimum atomic E-state index is -0.667. The molecule has 7 heteroatoms. The summed E-state index contributed by atoms with van der Waals surface area (Å²) in [7, 11) is 0. The number of hydrogen-bond donors (Lipinski definition) is 0. The first kappa shape index (κ1) is 14.5. The Morgan fingerprint density at radius 1 is 0.960 bits per heavy atom. The number of halogens is 3. The van der Waals surface area contributed by atoms with E-state index in [1.807, 2.05) is 0 Å². The molecule has 126 valence electrons. The van der Waals surface area contributed by atoms with Gasteiger partial charge in [0.15, 0.2) is 0 Å². The molecule has 0 N–H and O–H groups in total. The van der Waals surface area contributed by atoms with Crippen molar-refractivity contribution in [2.75, 3.05) is 0 Å². The predicted octanol–water partition coefficient (Wildman–Crippen LogP) is 3.16. The maximum atomic E-state index is 13.6. The van der Waals surface area contributed by atoms with Gasteiger partial charge in [-0.1, -0.05) is 0 Å². The highest BCUT2D eigenvalue weighted by molar-refractivity contribution is 5.36. The topological polar surface area (TPSA) is 39.8 Å². The lowest BCUT2D eigenvalue weighted by Crippen LogP contribution is -2.28. The highest BCUT2D eigenvalue weighted by atomic mass is 19.1. The summed E-state index contributed by atoms with van der Waals surface area (Å²) in [5.74, 6) is -0.864. The lowest BCUT2D eigenvalue weighted by Gasteiger charge is -2.15. The molecule has 0 radical (unpaired) electrons. The van der Waals surface area contributed by atoms with E-state index in [9.17, 15) is 18.0 Å². The summed E-state index contributed by atoms with van der Waals surface area (Å²) < 4.78 is 43.1. The Kier molecular flexibility index (Phi) is 2.81. The van der Waals surface area contributed by atoms with E-state index in [-0.39, 0.29) is 17.5 Å². The van der Waals surface area contributed by atoms with Gasteiger partial charge in [0.1, 0.15) is 23.3 Å². The van der Waals surface area contributed by atoms with Crippen LogP contribution in [0.5, 0.6) is 0 Å². The van der Waals surface area contributed by atoms with Gasteiger partial charge in [0.2, 0.25) is 0 Å². The molecular formula is C18H12F3N3O. The summed E-state index contributed by atoms with van der Waals surface area (Å²) in [5, 5.41) is 4.39. The summed E-state index contributed by atoms with van der Waals surface area (Å²) in [6.07, 6.45) is 0.836. The van der Waals surface area contributed by atoms with Gasteiger partial charge in [0.05, 0.1) is 11.7 Å². The lowest BCUT2D eigenvalue weighted by molar-refractivity contribution is 0.517. The van der Waals surface area contributed by atoms with Gasteiger partial charge in [-0.05, 0) is 54.3 Å². The summed E-state index contributed by atoms with van der Waals surface area (Å²) in [5.41, 5.74) is 0.502. The lowest BCUT2D eigenvalue weighted by atomic mass is 10.0. The molecule has 1 saturated carbocycles. The molecule has 4 nitrogen and oxygen atoms in total. The van der Waals surface area contributed by atoms with E-state index in [1.165, 1.54) is 45.6 Å². The van der Waals surface area contributed by atoms with Gasteiger partial charge in [-0.2, -0.15) is 4.68 Å². The van der Waals surface area contributed by atoms with Crippen LogP contribution in [0, 0.1) is 23.4 Å². The number of aromatic nitrogens is 3. The number of nitrogens with zero attached hydrogens (tertiary/aromatic N) is 3. The third kappa shape index (κ3) is 2.08. The SMILES string of the molecule is O=c1n(-c2ccc(F)cc2)nc2n1C(c1cc(F)cc(F)c1)C1CC21. The zero-order valence-corrected chi connectivity index (χ0v) is 12.9. The fraction of sp³-hybridized carbons (Fsp3) is 0.222. The Bertz CT molecular complexity index is 1030. The van der Waals surface area contributed by atoms with Crippen molar-refractivity contribution in [2.24, 2.45) is 5.92 Å². The van der Waals surface area contributed by atoms with Gasteiger partial charge in [-0.25, -0.2) is 18.0 Å². The van der Waals surface area contributed by atoms with Crippen LogP contribution in [0.4, 0.5) is 13.2 Å². The van der Waals surface area contributed by atoms with Crippen molar-refractivity contribution in [2.45, 2.75) is 18.4 Å². The average Bonchev–Trinajstić information content (AvgIpc) is 3.17. The van der Waals surface area contributed by atoms with E-state index >= 15 is 0 Å². The van der Waals surface area contributed by atoms with E-state index in [4.69, 9.17) is 0 Å². The highest BCUT2D eigenvalue weighted by Gasteiger charge is 2.55. The molecule has 1 aliphatic heterocycles. The van der Waals surface area contributed by atoms with Crippen molar-refractivity contribution in [1.29, 1.82) is 0 Å². The molecule has 0 bridgehead atoms. The van der Waals surface area contributed by atoms with Gasteiger partial charge in [-0.3, -0.25) is 4.57 Å². The molecule has 25 heavy (non-hydrogen) atoms. The molecule has 0 amide bonds. The van der Waals surface area contributed by atoms with Crippen molar-refractivity contribution in [1.82, 2.24) is 14.3 Å². The van der Waals surface area contributed by atoms with Crippen molar-refractivity contribution in [3.8, 4) is 5.69 Å². The molecule has 3 unspecified atom stereocenters. The fourth-order valence-corrected chi connectivity index (χ4v) is 3.85. The van der Waals surface area contributed by atoms with Gasteiger partial charge in [-0.15, -0.1) is 5.10 Å². The molecule has 3 aromatic rings. The van der Waals surface area contributed by atoms with Crippen LogP contribution in [0.15, 0.2) is 47.3 Å². The Morgan fingerprint density at radius 3 is 2.32 bits per heavy atom. The highest BCUT2D eigenvalue weighted by Crippen LogP contribution is 2.60. The van der Waals surface area contributed by atoms with Crippen LogP contribution in [-0.4, -0.2) is 14.3 Å². The van der Waals surface area contributed by atoms with Crippen LogP contribution in [0.25, 0.3) is 5.69 Å². The Morgan fingerprint density at radius 2 is 1.64 bits per heavy atom. The minimum absolute atomic E-state index is 0.116. The quantitative estimate of drug-likeness (QED) is 0.717. The van der Waals surface area contributed by atoms with Gasteiger partial charge < -0.3 is 0 Å². The largest absolute Gasteiger partial charge is 0.351 e. The molecule has 0 saturated heterocycles. The van der Waals surface area contributed by atoms with E-state index < -0.39 is 23.5 Å². The molecule has 3 atom stereocenters. The molecule has 2 heterocycles. The maximum Gasteiger partial charge on any atom is 0.351 e. The third-order valence-corrected chi connectivity index (χ3v) is 4.99. The first-order valence-electron chi connectivity index (χ1n) is 7.96. The van der Waals surface area contributed by atoms with Crippen LogP contribution >= 0.6 is 0 Å². The second-order valence-electron chi connectivity index (χ2n) is 6.55. The van der Waals surface area contributed by atoms with Crippen molar-refractivity contribution >= 4 is 0 Å². The van der Waals surface area contributed by atoms with Crippen LogP contribution in [-0.2, 0) is 0 Å². The number of hydrogen-bond acceptors (Lipinski definition) is 2. The summed E-state index contributed by atoms with van der Waals surface area (Å²) >= 11 is 0. The fourth-order valence-electron chi connectivity index (χ4n) is 3.85. The van der Waals surface area contributed by atoms with Gasteiger partial charge in [0.25, 0.3) is 0 Å². The molecule has 0 spiro atoms. The number of fused-ring (bicyclic) bond motifs is 3. The number of benzene rings is 2. The van der Waals surface area contributed by atoms with E-state index in [2.05, 4.69) is 5.10 Å². The second-order valence-corrected chi connectivity index (χ2v) is 6.55. The maximum absolute atomic E-state index is 13.6. The van der Waals surface area contributed by atoms with Gasteiger partial charge in [0, 0.05) is 12.0 Å². The van der Waals surface area contributed by atoms with Gasteiger partial charge >= 0.3 is 5.69 Å². The number of rotatable bonds is 2. The van der Waals surface area contributed by atoms with Crippen LogP contribution in [0.3, 0.4) is 0 Å². The van der Waals surface area contributed by atoms with Crippen molar-refractivity contribution in [3.05, 3.63) is 81.8 Å².